The van der Waals surface area contributed by atoms with Crippen molar-refractivity contribution >= 4 is 5.91 Å². The second-order valence-corrected chi connectivity index (χ2v) is 6.25. The fraction of sp³-hybridized carbons (Fsp3) is 0.444. The Bertz CT molecular complexity index is 658. The fourth-order valence-corrected chi connectivity index (χ4v) is 2.42. The minimum Gasteiger partial charge on any atom is -0.350 e. The van der Waals surface area contributed by atoms with Crippen molar-refractivity contribution in [1.29, 1.82) is 0 Å². The van der Waals surface area contributed by atoms with Gasteiger partial charge in [0.25, 0.3) is 5.91 Å². The van der Waals surface area contributed by atoms with Crippen LogP contribution in [0.5, 0.6) is 0 Å². The smallest absolute Gasteiger partial charge is 0.254 e. The Morgan fingerprint density at radius 1 is 1.22 bits per heavy atom. The highest BCUT2D eigenvalue weighted by atomic mass is 16.1. The van der Waals surface area contributed by atoms with Gasteiger partial charge < -0.3 is 10.6 Å². The van der Waals surface area contributed by atoms with E-state index in [0.29, 0.717) is 12.1 Å². The van der Waals surface area contributed by atoms with Crippen molar-refractivity contribution in [2.75, 3.05) is 13.6 Å². The van der Waals surface area contributed by atoms with Gasteiger partial charge in [0.1, 0.15) is 0 Å². The largest absolute Gasteiger partial charge is 0.350 e. The molecule has 1 aromatic heterocycles. The molecule has 0 spiro atoms. The van der Waals surface area contributed by atoms with Crippen LogP contribution in [0.15, 0.2) is 30.5 Å². The van der Waals surface area contributed by atoms with Crippen molar-refractivity contribution in [2.45, 2.75) is 39.7 Å². The summed E-state index contributed by atoms with van der Waals surface area (Å²) in [6, 6.07) is 8.39. The minimum absolute atomic E-state index is 0.0749. The molecule has 124 valence electrons. The molecule has 0 aliphatic rings. The van der Waals surface area contributed by atoms with E-state index in [1.165, 1.54) is 5.56 Å². The summed E-state index contributed by atoms with van der Waals surface area (Å²) in [7, 11) is 1.88. The predicted molar refractivity (Wildman–Crippen MR) is 93.2 cm³/mol. The van der Waals surface area contributed by atoms with Crippen molar-refractivity contribution in [2.24, 2.45) is 0 Å². The molecule has 2 rings (SSSR count). The van der Waals surface area contributed by atoms with Gasteiger partial charge in [-0.1, -0.05) is 31.5 Å². The molecule has 0 saturated heterocycles. The standard InChI is InChI=1S/C18H26N4O/c1-12(2)17-16(18(23)20-10-14(4)19-5)11-21-22(17)15-8-6-13(3)7-9-15/h6-9,11-12,14,19H,10H2,1-5H3,(H,20,23). The van der Waals surface area contributed by atoms with Crippen LogP contribution in [0.4, 0.5) is 0 Å². The van der Waals surface area contributed by atoms with Crippen LogP contribution in [0.1, 0.15) is 48.3 Å². The molecule has 0 bridgehead atoms. The average molecular weight is 314 g/mol. The van der Waals surface area contributed by atoms with Gasteiger partial charge in [0.05, 0.1) is 23.1 Å². The van der Waals surface area contributed by atoms with Crippen molar-refractivity contribution in [3.8, 4) is 5.69 Å². The van der Waals surface area contributed by atoms with Crippen molar-refractivity contribution < 1.29 is 4.79 Å². The summed E-state index contributed by atoms with van der Waals surface area (Å²) < 4.78 is 1.86. The number of carbonyl (C=O) groups excluding carboxylic acids is 1. The maximum absolute atomic E-state index is 12.5. The highest BCUT2D eigenvalue weighted by molar-refractivity contribution is 5.95. The van der Waals surface area contributed by atoms with Gasteiger partial charge in [0, 0.05) is 12.6 Å². The van der Waals surface area contributed by atoms with Crippen LogP contribution in [0.3, 0.4) is 0 Å². The van der Waals surface area contributed by atoms with Crippen LogP contribution in [0.2, 0.25) is 0 Å². The van der Waals surface area contributed by atoms with E-state index in [1.807, 2.05) is 30.8 Å². The van der Waals surface area contributed by atoms with Gasteiger partial charge in [-0.05, 0) is 38.9 Å². The first-order chi connectivity index (χ1) is 10.9. The van der Waals surface area contributed by atoms with E-state index in [2.05, 4.69) is 48.6 Å². The second kappa shape index (κ2) is 7.42. The van der Waals surface area contributed by atoms with Crippen molar-refractivity contribution in [1.82, 2.24) is 20.4 Å². The number of amides is 1. The summed E-state index contributed by atoms with van der Waals surface area (Å²) in [6.07, 6.45) is 1.66. The topological polar surface area (TPSA) is 58.9 Å². The van der Waals surface area contributed by atoms with E-state index in [0.717, 1.165) is 11.4 Å². The monoisotopic (exact) mass is 314 g/mol. The molecule has 0 saturated carbocycles. The molecule has 0 aliphatic carbocycles. The number of hydrogen-bond donors (Lipinski definition) is 2. The van der Waals surface area contributed by atoms with Gasteiger partial charge >= 0.3 is 0 Å². The van der Waals surface area contributed by atoms with Crippen LogP contribution >= 0.6 is 0 Å². The van der Waals surface area contributed by atoms with E-state index in [-0.39, 0.29) is 17.9 Å². The van der Waals surface area contributed by atoms with Gasteiger partial charge in [0.2, 0.25) is 0 Å². The van der Waals surface area contributed by atoms with Gasteiger partial charge in [-0.2, -0.15) is 5.10 Å². The molecule has 5 nitrogen and oxygen atoms in total. The van der Waals surface area contributed by atoms with Crippen LogP contribution < -0.4 is 10.6 Å². The van der Waals surface area contributed by atoms with E-state index < -0.39 is 0 Å². The quantitative estimate of drug-likeness (QED) is 0.862. The molecule has 1 unspecified atom stereocenters. The van der Waals surface area contributed by atoms with Gasteiger partial charge in [0.15, 0.2) is 0 Å². The molecule has 1 amide bonds. The van der Waals surface area contributed by atoms with Crippen LogP contribution in [0.25, 0.3) is 5.69 Å². The number of aromatic nitrogens is 2. The molecule has 5 heteroatoms. The molecule has 0 radical (unpaired) electrons. The molecule has 1 heterocycles. The third-order valence-corrected chi connectivity index (χ3v) is 3.94. The number of nitrogens with one attached hydrogen (secondary N) is 2. The first kappa shape index (κ1) is 17.2. The summed E-state index contributed by atoms with van der Waals surface area (Å²) in [4.78, 5) is 12.5. The summed E-state index contributed by atoms with van der Waals surface area (Å²) in [5, 5.41) is 10.5. The predicted octanol–water partition coefficient (Wildman–Crippen LogP) is 2.64. The summed E-state index contributed by atoms with van der Waals surface area (Å²) >= 11 is 0. The third-order valence-electron chi connectivity index (χ3n) is 3.94. The molecule has 23 heavy (non-hydrogen) atoms. The Morgan fingerprint density at radius 3 is 2.43 bits per heavy atom. The van der Waals surface area contributed by atoms with Crippen LogP contribution in [0, 0.1) is 6.92 Å². The highest BCUT2D eigenvalue weighted by Crippen LogP contribution is 2.23. The van der Waals surface area contributed by atoms with Gasteiger partial charge in [-0.15, -0.1) is 0 Å². The summed E-state index contributed by atoms with van der Waals surface area (Å²) in [5.41, 5.74) is 3.75. The van der Waals surface area contributed by atoms with Crippen LogP contribution in [-0.4, -0.2) is 35.3 Å². The zero-order valence-corrected chi connectivity index (χ0v) is 14.6. The Balaban J connectivity index is 2.31. The van der Waals surface area contributed by atoms with Crippen molar-refractivity contribution in [3.05, 3.63) is 47.3 Å². The zero-order chi connectivity index (χ0) is 17.0. The Labute approximate surface area is 138 Å². The summed E-state index contributed by atoms with van der Waals surface area (Å²) in [5.74, 6) is 0.121. The lowest BCUT2D eigenvalue weighted by Gasteiger charge is -2.14. The molecule has 0 aliphatic heterocycles. The first-order valence-electron chi connectivity index (χ1n) is 8.04. The Morgan fingerprint density at radius 2 is 1.87 bits per heavy atom. The van der Waals surface area contributed by atoms with E-state index in [9.17, 15) is 4.79 Å². The average Bonchev–Trinajstić information content (AvgIpc) is 2.98. The highest BCUT2D eigenvalue weighted by Gasteiger charge is 2.20. The molecule has 0 fully saturated rings. The number of hydrogen-bond acceptors (Lipinski definition) is 3. The second-order valence-electron chi connectivity index (χ2n) is 6.25. The Kier molecular flexibility index (Phi) is 5.55. The van der Waals surface area contributed by atoms with Crippen LogP contribution in [-0.2, 0) is 0 Å². The number of rotatable bonds is 6. The summed E-state index contributed by atoms with van der Waals surface area (Å²) in [6.45, 7) is 8.82. The maximum atomic E-state index is 12.5. The lowest BCUT2D eigenvalue weighted by atomic mass is 10.0. The molecule has 1 atom stereocenters. The van der Waals surface area contributed by atoms with Gasteiger partial charge in [-0.3, -0.25) is 4.79 Å². The van der Waals surface area contributed by atoms with Crippen molar-refractivity contribution in [3.63, 3.8) is 0 Å². The van der Waals surface area contributed by atoms with E-state index >= 15 is 0 Å². The number of aryl methyl sites for hydroxylation is 1. The van der Waals surface area contributed by atoms with E-state index in [1.54, 1.807) is 6.20 Å². The first-order valence-corrected chi connectivity index (χ1v) is 8.04. The molecule has 2 N–H and O–H groups in total. The Hall–Kier alpha value is -2.14. The SMILES string of the molecule is CNC(C)CNC(=O)c1cnn(-c2ccc(C)cc2)c1C(C)C. The lowest BCUT2D eigenvalue weighted by molar-refractivity contribution is 0.0949. The fourth-order valence-electron chi connectivity index (χ4n) is 2.42. The lowest BCUT2D eigenvalue weighted by Crippen LogP contribution is -2.37. The normalized spacial score (nSPS) is 12.4. The maximum Gasteiger partial charge on any atom is 0.254 e. The number of benzene rings is 1. The number of likely N-dealkylation sites (N-methyl/N-ethyl adjacent to an activating group) is 1. The van der Waals surface area contributed by atoms with Gasteiger partial charge in [-0.25, -0.2) is 4.68 Å². The molecular formula is C18H26N4O. The molecule has 1 aromatic carbocycles. The zero-order valence-electron chi connectivity index (χ0n) is 14.6. The number of nitrogens with zero attached hydrogens (tertiary/aromatic N) is 2. The van der Waals surface area contributed by atoms with E-state index in [4.69, 9.17) is 0 Å². The third kappa shape index (κ3) is 3.99. The minimum atomic E-state index is -0.0749. The molecular weight excluding hydrogens is 288 g/mol. The molecule has 2 aromatic rings. The number of carbonyl (C=O) groups is 1.